The third-order valence-electron chi connectivity index (χ3n) is 1.22. The lowest BCUT2D eigenvalue weighted by molar-refractivity contribution is -0.274. The van der Waals surface area contributed by atoms with E-state index in [1.165, 1.54) is 18.2 Å². The molecule has 0 heterocycles. The Morgan fingerprint density at radius 2 is 1.85 bits per heavy atom. The predicted octanol–water partition coefficient (Wildman–Crippen LogP) is 2.07. The fourth-order valence-corrected chi connectivity index (χ4v) is 0.812. The molecule has 1 rings (SSSR count). The lowest BCUT2D eigenvalue weighted by Crippen LogP contribution is -2.17. The minimum absolute atomic E-state index is 0. The second-order valence-electron chi connectivity index (χ2n) is 2.36. The molecular weight excluding hydrogens is 185 g/mol. The average molecular weight is 194 g/mol. The van der Waals surface area contributed by atoms with Crippen LogP contribution >= 0.6 is 0 Å². The van der Waals surface area contributed by atoms with Gasteiger partial charge in [-0.3, -0.25) is 0 Å². The van der Waals surface area contributed by atoms with E-state index in [9.17, 15) is 13.2 Å². The molecule has 0 radical (unpaired) electrons. The van der Waals surface area contributed by atoms with E-state index < -0.39 is 6.36 Å². The van der Waals surface area contributed by atoms with Gasteiger partial charge in [-0.2, -0.15) is 0 Å². The van der Waals surface area contributed by atoms with Crippen LogP contribution in [0, 0.1) is 6.92 Å². The molecule has 5 heteroatoms. The quantitative estimate of drug-likeness (QED) is 0.674. The Morgan fingerprint density at radius 3 is 2.31 bits per heavy atom. The van der Waals surface area contributed by atoms with Gasteiger partial charge in [-0.25, -0.2) is 0 Å². The minimum atomic E-state index is -4.60. The van der Waals surface area contributed by atoms with Gasteiger partial charge in [0.2, 0.25) is 0 Å². The fourth-order valence-electron chi connectivity index (χ4n) is 0.812. The lowest BCUT2D eigenvalue weighted by Gasteiger charge is -2.08. The molecule has 0 amide bonds. The van der Waals surface area contributed by atoms with Gasteiger partial charge in [-0.15, -0.1) is 13.2 Å². The Balaban J connectivity index is 0.00000144. The number of aryl methyl sites for hydroxylation is 1. The summed E-state index contributed by atoms with van der Waals surface area (Å²) in [4.78, 5) is 0. The number of rotatable bonds is 1. The van der Waals surface area contributed by atoms with Crippen molar-refractivity contribution in [2.24, 2.45) is 0 Å². The summed E-state index contributed by atoms with van der Waals surface area (Å²) < 4.78 is 38.6. The monoisotopic (exact) mass is 194 g/mol. The Bertz CT molecular complexity index is 270. The highest BCUT2D eigenvalue weighted by molar-refractivity contribution is 5.27. The maximum atomic E-state index is 11.7. The van der Waals surface area contributed by atoms with Crippen molar-refractivity contribution >= 4 is 0 Å². The van der Waals surface area contributed by atoms with E-state index in [0.29, 0.717) is 0 Å². The summed E-state index contributed by atoms with van der Waals surface area (Å²) >= 11 is 0. The van der Waals surface area contributed by atoms with Crippen LogP contribution in [0.15, 0.2) is 24.3 Å². The van der Waals surface area contributed by atoms with Gasteiger partial charge in [-0.05, 0) is 24.6 Å². The second kappa shape index (κ2) is 4.13. The Labute approximate surface area is 73.3 Å². The van der Waals surface area contributed by atoms with Gasteiger partial charge in [-0.1, -0.05) is 12.1 Å². The van der Waals surface area contributed by atoms with Crippen molar-refractivity contribution in [1.29, 1.82) is 0 Å². The molecule has 0 atom stereocenters. The van der Waals surface area contributed by atoms with Gasteiger partial charge < -0.3 is 10.2 Å². The van der Waals surface area contributed by atoms with E-state index in [4.69, 9.17) is 0 Å². The van der Waals surface area contributed by atoms with Gasteiger partial charge >= 0.3 is 6.36 Å². The van der Waals surface area contributed by atoms with E-state index >= 15 is 0 Å². The lowest BCUT2D eigenvalue weighted by atomic mass is 10.2. The highest BCUT2D eigenvalue weighted by atomic mass is 19.4. The molecular formula is C8H9F3O2. The van der Waals surface area contributed by atoms with Crippen LogP contribution in [0.5, 0.6) is 5.75 Å². The molecule has 0 aliphatic carbocycles. The SMILES string of the molecule is Cc1cccc(OC(F)(F)F)c1.O. The third kappa shape index (κ3) is 4.37. The van der Waals surface area contributed by atoms with Crippen molar-refractivity contribution < 1.29 is 23.4 Å². The number of hydrogen-bond donors (Lipinski definition) is 0. The van der Waals surface area contributed by atoms with E-state index in [-0.39, 0.29) is 11.2 Å². The molecule has 0 bridgehead atoms. The average Bonchev–Trinajstić information content (AvgIpc) is 1.82. The van der Waals surface area contributed by atoms with Crippen LogP contribution in [-0.4, -0.2) is 11.8 Å². The number of alkyl halides is 3. The van der Waals surface area contributed by atoms with Gasteiger partial charge in [0.1, 0.15) is 5.75 Å². The highest BCUT2D eigenvalue weighted by Gasteiger charge is 2.30. The summed E-state index contributed by atoms with van der Waals surface area (Å²) in [6.07, 6.45) is -4.60. The van der Waals surface area contributed by atoms with Crippen LogP contribution in [0.2, 0.25) is 0 Å². The minimum Gasteiger partial charge on any atom is -0.412 e. The van der Waals surface area contributed by atoms with Crippen LogP contribution in [0.25, 0.3) is 0 Å². The summed E-state index contributed by atoms with van der Waals surface area (Å²) in [6, 6.07) is 5.80. The smallest absolute Gasteiger partial charge is 0.412 e. The zero-order chi connectivity index (χ0) is 9.19. The third-order valence-corrected chi connectivity index (χ3v) is 1.22. The number of hydrogen-bond acceptors (Lipinski definition) is 1. The molecule has 0 fully saturated rings. The first-order chi connectivity index (χ1) is 5.47. The standard InChI is InChI=1S/C8H7F3O.H2O/c1-6-3-2-4-7(5-6)12-8(9,10)11;/h2-5H,1H3;1H2. The molecule has 0 saturated heterocycles. The molecule has 0 saturated carbocycles. The molecule has 0 unspecified atom stereocenters. The summed E-state index contributed by atoms with van der Waals surface area (Å²) in [5.74, 6) is -0.178. The Morgan fingerprint density at radius 1 is 1.23 bits per heavy atom. The fraction of sp³-hybridized carbons (Fsp3) is 0.250. The molecule has 0 spiro atoms. The van der Waals surface area contributed by atoms with E-state index in [0.717, 1.165) is 5.56 Å². The zero-order valence-corrected chi connectivity index (χ0v) is 6.85. The van der Waals surface area contributed by atoms with E-state index in [1.807, 2.05) is 0 Å². The second-order valence-corrected chi connectivity index (χ2v) is 2.36. The molecule has 0 aliphatic heterocycles. The summed E-state index contributed by atoms with van der Waals surface area (Å²) in [5.41, 5.74) is 0.733. The maximum absolute atomic E-state index is 11.7. The van der Waals surface area contributed by atoms with Gasteiger partial charge in [0, 0.05) is 0 Å². The van der Waals surface area contributed by atoms with Crippen LogP contribution in [0.3, 0.4) is 0 Å². The van der Waals surface area contributed by atoms with Crippen LogP contribution in [-0.2, 0) is 0 Å². The highest BCUT2D eigenvalue weighted by Crippen LogP contribution is 2.22. The van der Waals surface area contributed by atoms with Gasteiger partial charge in [0.25, 0.3) is 0 Å². The number of ether oxygens (including phenoxy) is 1. The van der Waals surface area contributed by atoms with Crippen molar-refractivity contribution in [1.82, 2.24) is 0 Å². The topological polar surface area (TPSA) is 40.7 Å². The molecule has 2 N–H and O–H groups in total. The summed E-state index contributed by atoms with van der Waals surface area (Å²) in [6.45, 7) is 1.70. The summed E-state index contributed by atoms with van der Waals surface area (Å²) in [7, 11) is 0. The number of benzene rings is 1. The first-order valence-corrected chi connectivity index (χ1v) is 3.30. The maximum Gasteiger partial charge on any atom is 0.573 e. The molecule has 1 aromatic carbocycles. The predicted molar refractivity (Wildman–Crippen MR) is 41.5 cm³/mol. The van der Waals surface area contributed by atoms with E-state index in [1.54, 1.807) is 13.0 Å². The van der Waals surface area contributed by atoms with Crippen molar-refractivity contribution in [3.8, 4) is 5.75 Å². The number of halogens is 3. The van der Waals surface area contributed by atoms with E-state index in [2.05, 4.69) is 4.74 Å². The summed E-state index contributed by atoms with van der Waals surface area (Å²) in [5, 5.41) is 0. The van der Waals surface area contributed by atoms with Crippen LogP contribution in [0.1, 0.15) is 5.56 Å². The van der Waals surface area contributed by atoms with Gasteiger partial charge in [0.05, 0.1) is 0 Å². The van der Waals surface area contributed by atoms with Crippen LogP contribution in [0.4, 0.5) is 13.2 Å². The first-order valence-electron chi connectivity index (χ1n) is 3.30. The molecule has 2 nitrogen and oxygen atoms in total. The Kier molecular flexibility index (Phi) is 3.74. The zero-order valence-electron chi connectivity index (χ0n) is 6.85. The molecule has 0 aromatic heterocycles. The molecule has 13 heavy (non-hydrogen) atoms. The Hall–Kier alpha value is -1.23. The molecule has 74 valence electrons. The largest absolute Gasteiger partial charge is 0.573 e. The van der Waals surface area contributed by atoms with Crippen molar-refractivity contribution in [2.45, 2.75) is 13.3 Å². The normalized spacial score (nSPS) is 10.5. The van der Waals surface area contributed by atoms with Crippen molar-refractivity contribution in [3.05, 3.63) is 29.8 Å². The first kappa shape index (κ1) is 11.8. The molecule has 0 aliphatic rings. The van der Waals surface area contributed by atoms with Crippen LogP contribution < -0.4 is 4.74 Å². The molecule has 1 aromatic rings. The van der Waals surface area contributed by atoms with Crippen molar-refractivity contribution in [3.63, 3.8) is 0 Å². The van der Waals surface area contributed by atoms with Gasteiger partial charge in [0.15, 0.2) is 0 Å². The van der Waals surface area contributed by atoms with Crippen molar-refractivity contribution in [2.75, 3.05) is 0 Å².